The fourth-order valence-corrected chi connectivity index (χ4v) is 3.73. The van der Waals surface area contributed by atoms with Crippen LogP contribution in [0.2, 0.25) is 0 Å². The van der Waals surface area contributed by atoms with E-state index in [1.54, 1.807) is 0 Å². The van der Waals surface area contributed by atoms with Gasteiger partial charge in [0.1, 0.15) is 0 Å². The van der Waals surface area contributed by atoms with E-state index in [9.17, 15) is 30.7 Å². The number of ether oxygens (including phenoxy) is 1. The molecule has 2 aromatic carbocycles. The van der Waals surface area contributed by atoms with Crippen LogP contribution >= 0.6 is 0 Å². The first kappa shape index (κ1) is 21.5. The first-order valence-electron chi connectivity index (χ1n) is 9.33. The van der Waals surface area contributed by atoms with Gasteiger partial charge in [0, 0.05) is 0 Å². The minimum atomic E-state index is -4.49. The first-order chi connectivity index (χ1) is 13.6. The SMILES string of the molecule is CCC1CCC(c2cc(F)c(OC(F)(F)c3cc(F)c(F)c(F)c3)c(F)c2)CC1. The van der Waals surface area contributed by atoms with E-state index in [2.05, 4.69) is 11.7 Å². The van der Waals surface area contributed by atoms with Crippen molar-refractivity contribution in [1.29, 1.82) is 0 Å². The van der Waals surface area contributed by atoms with E-state index in [1.165, 1.54) is 0 Å². The predicted molar refractivity (Wildman–Crippen MR) is 92.2 cm³/mol. The Morgan fingerprint density at radius 3 is 1.83 bits per heavy atom. The molecule has 0 amide bonds. The van der Waals surface area contributed by atoms with Gasteiger partial charge in [0.15, 0.2) is 34.8 Å². The van der Waals surface area contributed by atoms with Crippen LogP contribution in [0.1, 0.15) is 56.1 Å². The molecule has 3 rings (SSSR count). The molecule has 1 aliphatic carbocycles. The molecule has 1 aliphatic rings. The molecule has 8 heteroatoms. The van der Waals surface area contributed by atoms with E-state index in [4.69, 9.17) is 0 Å². The van der Waals surface area contributed by atoms with Gasteiger partial charge in [-0.05, 0) is 67.3 Å². The molecule has 0 spiro atoms. The van der Waals surface area contributed by atoms with Crippen LogP contribution in [-0.2, 0) is 6.11 Å². The summed E-state index contributed by atoms with van der Waals surface area (Å²) in [5, 5.41) is 0. The van der Waals surface area contributed by atoms with Crippen LogP contribution in [0.25, 0.3) is 0 Å². The minimum Gasteiger partial charge on any atom is -0.423 e. The van der Waals surface area contributed by atoms with Crippen molar-refractivity contribution in [2.75, 3.05) is 0 Å². The summed E-state index contributed by atoms with van der Waals surface area (Å²) in [7, 11) is 0. The number of alkyl halides is 2. The van der Waals surface area contributed by atoms with Crippen LogP contribution < -0.4 is 4.74 Å². The number of halogens is 7. The highest BCUT2D eigenvalue weighted by Gasteiger charge is 2.38. The first-order valence-corrected chi connectivity index (χ1v) is 9.33. The predicted octanol–water partition coefficient (Wildman–Crippen LogP) is 7.19. The topological polar surface area (TPSA) is 9.23 Å². The van der Waals surface area contributed by atoms with E-state index in [0.29, 0.717) is 11.5 Å². The fraction of sp³-hybridized carbons (Fsp3) is 0.429. The molecule has 0 bridgehead atoms. The molecule has 0 aliphatic heterocycles. The van der Waals surface area contributed by atoms with E-state index in [0.717, 1.165) is 44.2 Å². The number of benzene rings is 2. The summed E-state index contributed by atoms with van der Waals surface area (Å²) in [6, 6.07) is 1.90. The maximum atomic E-state index is 14.4. The van der Waals surface area contributed by atoms with Crippen molar-refractivity contribution in [2.45, 2.75) is 51.1 Å². The molecule has 1 saturated carbocycles. The van der Waals surface area contributed by atoms with Gasteiger partial charge >= 0.3 is 6.11 Å². The molecule has 0 heterocycles. The monoisotopic (exact) mass is 420 g/mol. The zero-order valence-electron chi connectivity index (χ0n) is 15.6. The Kier molecular flexibility index (Phi) is 6.10. The van der Waals surface area contributed by atoms with E-state index in [-0.39, 0.29) is 18.1 Å². The van der Waals surface area contributed by atoms with Crippen LogP contribution in [-0.4, -0.2) is 0 Å². The van der Waals surface area contributed by atoms with Gasteiger partial charge < -0.3 is 4.74 Å². The van der Waals surface area contributed by atoms with E-state index >= 15 is 0 Å². The minimum absolute atomic E-state index is 0.00870. The molecule has 1 fully saturated rings. The highest BCUT2D eigenvalue weighted by atomic mass is 19.3. The second kappa shape index (κ2) is 8.24. The van der Waals surface area contributed by atoms with E-state index in [1.807, 2.05) is 0 Å². The lowest BCUT2D eigenvalue weighted by Gasteiger charge is -2.28. The standard InChI is InChI=1S/C21H19F7O/c1-2-11-3-5-12(6-4-11)13-7-17(24)20(18(25)8-13)29-21(27,28)14-9-15(22)19(26)16(23)10-14/h7-12H,2-6H2,1H3. The highest BCUT2D eigenvalue weighted by molar-refractivity contribution is 5.34. The quantitative estimate of drug-likeness (QED) is 0.367. The van der Waals surface area contributed by atoms with Gasteiger partial charge in [-0.25, -0.2) is 22.0 Å². The maximum Gasteiger partial charge on any atom is 0.427 e. The molecule has 29 heavy (non-hydrogen) atoms. The summed E-state index contributed by atoms with van der Waals surface area (Å²) in [5.74, 6) is -9.27. The van der Waals surface area contributed by atoms with Crippen molar-refractivity contribution < 1.29 is 35.5 Å². The Labute approximate surface area is 163 Å². The Morgan fingerprint density at radius 2 is 1.34 bits per heavy atom. The second-order valence-electron chi connectivity index (χ2n) is 7.31. The summed E-state index contributed by atoms with van der Waals surface area (Å²) >= 11 is 0. The second-order valence-corrected chi connectivity index (χ2v) is 7.31. The lowest BCUT2D eigenvalue weighted by Crippen LogP contribution is -2.24. The van der Waals surface area contributed by atoms with Crippen LogP contribution in [0.5, 0.6) is 5.75 Å². The third-order valence-corrected chi connectivity index (χ3v) is 5.47. The molecule has 158 valence electrons. The zero-order chi connectivity index (χ0) is 21.3. The molecule has 0 N–H and O–H groups in total. The van der Waals surface area contributed by atoms with Gasteiger partial charge in [-0.3, -0.25) is 0 Å². The van der Waals surface area contributed by atoms with Crippen molar-refractivity contribution in [3.8, 4) is 5.75 Å². The van der Waals surface area contributed by atoms with Crippen LogP contribution in [0.15, 0.2) is 24.3 Å². The van der Waals surface area contributed by atoms with Crippen molar-refractivity contribution in [1.82, 2.24) is 0 Å². The number of hydrogen-bond acceptors (Lipinski definition) is 1. The Balaban J connectivity index is 1.84. The molecule has 0 unspecified atom stereocenters. The molecule has 0 radical (unpaired) electrons. The largest absolute Gasteiger partial charge is 0.427 e. The number of hydrogen-bond donors (Lipinski definition) is 0. The Hall–Kier alpha value is -2.25. The van der Waals surface area contributed by atoms with Gasteiger partial charge in [0.05, 0.1) is 5.56 Å². The fourth-order valence-electron chi connectivity index (χ4n) is 3.73. The van der Waals surface area contributed by atoms with Crippen LogP contribution in [0, 0.1) is 35.0 Å². The Bertz CT molecular complexity index is 843. The number of rotatable bonds is 5. The molecule has 0 saturated heterocycles. The third-order valence-electron chi connectivity index (χ3n) is 5.47. The van der Waals surface area contributed by atoms with Gasteiger partial charge in [0.2, 0.25) is 0 Å². The lowest BCUT2D eigenvalue weighted by atomic mass is 9.78. The molecular formula is C21H19F7O. The summed E-state index contributed by atoms with van der Waals surface area (Å²) in [5.41, 5.74) is -1.06. The molecule has 1 nitrogen and oxygen atoms in total. The normalized spacial score (nSPS) is 20.0. The smallest absolute Gasteiger partial charge is 0.423 e. The summed E-state index contributed by atoms with van der Waals surface area (Å²) < 4.78 is 101. The van der Waals surface area contributed by atoms with Crippen LogP contribution in [0.3, 0.4) is 0 Å². The van der Waals surface area contributed by atoms with Gasteiger partial charge in [0.25, 0.3) is 0 Å². The Morgan fingerprint density at radius 1 is 0.828 bits per heavy atom. The van der Waals surface area contributed by atoms with Crippen molar-refractivity contribution in [2.24, 2.45) is 5.92 Å². The molecule has 0 aromatic heterocycles. The summed E-state index contributed by atoms with van der Waals surface area (Å²) in [6.07, 6.45) is -0.145. The summed E-state index contributed by atoms with van der Waals surface area (Å²) in [6.45, 7) is 2.08. The van der Waals surface area contributed by atoms with Crippen LogP contribution in [0.4, 0.5) is 30.7 Å². The molecule has 2 aromatic rings. The van der Waals surface area contributed by atoms with Gasteiger partial charge in [-0.2, -0.15) is 8.78 Å². The summed E-state index contributed by atoms with van der Waals surface area (Å²) in [4.78, 5) is 0. The average molecular weight is 420 g/mol. The third kappa shape index (κ3) is 4.51. The maximum absolute atomic E-state index is 14.4. The average Bonchev–Trinajstić information content (AvgIpc) is 2.68. The molecular weight excluding hydrogens is 401 g/mol. The molecule has 0 atom stereocenters. The van der Waals surface area contributed by atoms with Crippen molar-refractivity contribution in [3.05, 3.63) is 64.5 Å². The van der Waals surface area contributed by atoms with Gasteiger partial charge in [-0.1, -0.05) is 13.3 Å². The highest BCUT2D eigenvalue weighted by Crippen LogP contribution is 2.40. The van der Waals surface area contributed by atoms with E-state index < -0.39 is 46.5 Å². The van der Waals surface area contributed by atoms with Crippen molar-refractivity contribution in [3.63, 3.8) is 0 Å². The van der Waals surface area contributed by atoms with Crippen molar-refractivity contribution >= 4 is 0 Å². The zero-order valence-corrected chi connectivity index (χ0v) is 15.6. The lowest BCUT2D eigenvalue weighted by molar-refractivity contribution is -0.188. The van der Waals surface area contributed by atoms with Gasteiger partial charge in [-0.15, -0.1) is 0 Å².